The van der Waals surface area contributed by atoms with Crippen molar-refractivity contribution in [2.45, 2.75) is 0 Å². The van der Waals surface area contributed by atoms with Crippen molar-refractivity contribution in [2.24, 2.45) is 0 Å². The summed E-state index contributed by atoms with van der Waals surface area (Å²) >= 11 is 0. The third-order valence-corrected chi connectivity index (χ3v) is 0.668. The van der Waals surface area contributed by atoms with E-state index in [4.69, 9.17) is 15.8 Å². The van der Waals surface area contributed by atoms with E-state index in [1.54, 1.807) is 18.2 Å². The van der Waals surface area contributed by atoms with Crippen LogP contribution in [0.2, 0.25) is 0 Å². The van der Waals surface area contributed by atoms with Crippen molar-refractivity contribution in [3.8, 4) is 18.2 Å². The summed E-state index contributed by atoms with van der Waals surface area (Å²) in [6.45, 7) is 0.104. The molecule has 0 aromatic rings. The van der Waals surface area contributed by atoms with Crippen LogP contribution in [0.1, 0.15) is 0 Å². The van der Waals surface area contributed by atoms with Crippen molar-refractivity contribution in [1.29, 1.82) is 15.8 Å². The van der Waals surface area contributed by atoms with Crippen LogP contribution in [0.15, 0.2) is 11.8 Å². The second-order valence-corrected chi connectivity index (χ2v) is 1.32. The fraction of sp³-hybridized carbons (Fsp3) is 0.167. The number of rotatable bonds is 2. The van der Waals surface area contributed by atoms with Gasteiger partial charge >= 0.3 is 0 Å². The smallest absolute Gasteiger partial charge is 0.145 e. The third kappa shape index (κ3) is 3.07. The molecule has 0 rings (SSSR count). The topological polar surface area (TPSA) is 83.4 Å². The van der Waals surface area contributed by atoms with Crippen LogP contribution < -0.4 is 5.32 Å². The van der Waals surface area contributed by atoms with E-state index in [-0.39, 0.29) is 12.1 Å². The molecule has 4 heteroatoms. The molecule has 0 amide bonds. The number of hydrogen-bond acceptors (Lipinski definition) is 4. The van der Waals surface area contributed by atoms with Crippen molar-refractivity contribution in [3.63, 3.8) is 0 Å². The first-order valence-corrected chi connectivity index (χ1v) is 2.46. The highest BCUT2D eigenvalue weighted by molar-refractivity contribution is 5.34. The van der Waals surface area contributed by atoms with E-state index in [1.807, 2.05) is 0 Å². The molecule has 0 aliphatic carbocycles. The lowest BCUT2D eigenvalue weighted by Crippen LogP contribution is -2.04. The summed E-state index contributed by atoms with van der Waals surface area (Å²) in [5.74, 6) is 0. The molecular weight excluding hydrogens is 128 g/mol. The maximum atomic E-state index is 8.16. The Morgan fingerprint density at radius 2 is 1.90 bits per heavy atom. The Hall–Kier alpha value is -1.99. The minimum Gasteiger partial charge on any atom is -0.377 e. The van der Waals surface area contributed by atoms with Gasteiger partial charge in [0.15, 0.2) is 0 Å². The highest BCUT2D eigenvalue weighted by Crippen LogP contribution is 1.83. The van der Waals surface area contributed by atoms with Crippen LogP contribution in [0.25, 0.3) is 0 Å². The van der Waals surface area contributed by atoms with Crippen LogP contribution in [0.3, 0.4) is 0 Å². The Labute approximate surface area is 58.6 Å². The highest BCUT2D eigenvalue weighted by Gasteiger charge is 1.87. The van der Waals surface area contributed by atoms with E-state index in [9.17, 15) is 0 Å². The molecule has 0 fully saturated rings. The number of nitrogens with zero attached hydrogens (tertiary/aromatic N) is 3. The van der Waals surface area contributed by atoms with Crippen molar-refractivity contribution < 1.29 is 0 Å². The molecule has 0 spiro atoms. The van der Waals surface area contributed by atoms with Gasteiger partial charge in [-0.1, -0.05) is 0 Å². The van der Waals surface area contributed by atoms with Gasteiger partial charge in [0.1, 0.15) is 24.3 Å². The van der Waals surface area contributed by atoms with Crippen molar-refractivity contribution in [1.82, 2.24) is 5.32 Å². The van der Waals surface area contributed by atoms with Gasteiger partial charge in [0.05, 0.1) is 6.07 Å². The van der Waals surface area contributed by atoms with Crippen LogP contribution >= 0.6 is 0 Å². The van der Waals surface area contributed by atoms with E-state index in [0.29, 0.717) is 0 Å². The largest absolute Gasteiger partial charge is 0.377 e. The van der Waals surface area contributed by atoms with Crippen LogP contribution in [0.4, 0.5) is 0 Å². The zero-order valence-corrected chi connectivity index (χ0v) is 5.13. The average molecular weight is 132 g/mol. The maximum Gasteiger partial charge on any atom is 0.145 e. The number of allylic oxidation sites excluding steroid dienone is 1. The third-order valence-electron chi connectivity index (χ3n) is 0.668. The molecule has 0 atom stereocenters. The van der Waals surface area contributed by atoms with E-state index >= 15 is 0 Å². The second kappa shape index (κ2) is 5.15. The van der Waals surface area contributed by atoms with Gasteiger partial charge in [0.25, 0.3) is 0 Å². The molecule has 0 heterocycles. The molecular formula is C6H4N4. The zero-order valence-electron chi connectivity index (χ0n) is 5.13. The molecule has 0 radical (unpaired) electrons. The van der Waals surface area contributed by atoms with E-state index < -0.39 is 0 Å². The molecule has 0 aliphatic heterocycles. The van der Waals surface area contributed by atoms with Crippen LogP contribution in [0.5, 0.6) is 0 Å². The Balaban J connectivity index is 3.85. The Kier molecular flexibility index (Phi) is 4.13. The molecule has 1 N–H and O–H groups in total. The Morgan fingerprint density at radius 1 is 1.30 bits per heavy atom. The van der Waals surface area contributed by atoms with Gasteiger partial charge in [0.2, 0.25) is 0 Å². The first-order valence-electron chi connectivity index (χ1n) is 2.46. The molecule has 10 heavy (non-hydrogen) atoms. The van der Waals surface area contributed by atoms with Crippen LogP contribution in [-0.4, -0.2) is 6.54 Å². The normalized spacial score (nSPS) is 6.10. The lowest BCUT2D eigenvalue weighted by atomic mass is 10.4. The zero-order chi connectivity index (χ0) is 7.82. The minimum absolute atomic E-state index is 0.0322. The lowest BCUT2D eigenvalue weighted by Gasteiger charge is -1.86. The van der Waals surface area contributed by atoms with Gasteiger partial charge in [-0.3, -0.25) is 0 Å². The predicted molar refractivity (Wildman–Crippen MR) is 32.9 cm³/mol. The quantitative estimate of drug-likeness (QED) is 0.326. The Morgan fingerprint density at radius 3 is 2.30 bits per heavy atom. The summed E-state index contributed by atoms with van der Waals surface area (Å²) in [4.78, 5) is 0. The van der Waals surface area contributed by atoms with Crippen molar-refractivity contribution in [3.05, 3.63) is 11.8 Å². The molecule has 0 bridgehead atoms. The molecule has 0 aromatic heterocycles. The Bertz CT molecular complexity index is 228. The van der Waals surface area contributed by atoms with Gasteiger partial charge in [-0.15, -0.1) is 0 Å². The average Bonchev–Trinajstić information content (AvgIpc) is 1.99. The number of nitrogens with one attached hydrogen (secondary N) is 1. The standard InChI is InChI=1S/C6H4N4/c7-1-2-10-5-6(3-8)4-9/h5,10H,2H2. The first kappa shape index (κ1) is 8.01. The maximum absolute atomic E-state index is 8.16. The second-order valence-electron chi connectivity index (χ2n) is 1.32. The van der Waals surface area contributed by atoms with E-state index in [2.05, 4.69) is 5.32 Å². The SMILES string of the molecule is N#CCNC=C(C#N)C#N. The molecule has 0 saturated carbocycles. The highest BCUT2D eigenvalue weighted by atomic mass is 14.8. The number of nitriles is 3. The summed E-state index contributed by atoms with van der Waals surface area (Å²) in [5, 5.41) is 26.8. The molecule has 0 unspecified atom stereocenters. The lowest BCUT2D eigenvalue weighted by molar-refractivity contribution is 0.989. The molecule has 48 valence electrons. The summed E-state index contributed by atoms with van der Waals surface area (Å²) in [6, 6.07) is 5.07. The van der Waals surface area contributed by atoms with Crippen LogP contribution in [-0.2, 0) is 0 Å². The fourth-order valence-corrected chi connectivity index (χ4v) is 0.288. The van der Waals surface area contributed by atoms with E-state index in [0.717, 1.165) is 0 Å². The summed E-state index contributed by atoms with van der Waals surface area (Å²) < 4.78 is 0. The van der Waals surface area contributed by atoms with Gasteiger partial charge in [-0.2, -0.15) is 15.8 Å². The van der Waals surface area contributed by atoms with Gasteiger partial charge in [0, 0.05) is 6.20 Å². The summed E-state index contributed by atoms with van der Waals surface area (Å²) in [5.41, 5.74) is -0.0322. The fourth-order valence-electron chi connectivity index (χ4n) is 0.288. The monoisotopic (exact) mass is 132 g/mol. The van der Waals surface area contributed by atoms with Gasteiger partial charge in [-0.05, 0) is 0 Å². The van der Waals surface area contributed by atoms with Gasteiger partial charge in [-0.25, -0.2) is 0 Å². The summed E-state index contributed by atoms with van der Waals surface area (Å²) in [7, 11) is 0. The summed E-state index contributed by atoms with van der Waals surface area (Å²) in [6.07, 6.45) is 1.21. The molecule has 4 nitrogen and oxygen atoms in total. The van der Waals surface area contributed by atoms with Crippen molar-refractivity contribution in [2.75, 3.05) is 6.54 Å². The molecule has 0 saturated heterocycles. The van der Waals surface area contributed by atoms with Crippen molar-refractivity contribution >= 4 is 0 Å². The predicted octanol–water partition coefficient (Wildman–Crippen LogP) is 0.0306. The first-order chi connectivity index (χ1) is 4.85. The van der Waals surface area contributed by atoms with Crippen LogP contribution in [0, 0.1) is 34.0 Å². The van der Waals surface area contributed by atoms with Gasteiger partial charge < -0.3 is 5.32 Å². The number of hydrogen-bond donors (Lipinski definition) is 1. The van der Waals surface area contributed by atoms with E-state index in [1.165, 1.54) is 6.20 Å². The minimum atomic E-state index is -0.0322. The molecule has 0 aliphatic rings. The molecule has 0 aromatic carbocycles.